The molecule has 0 unspecified atom stereocenters. The Hall–Kier alpha value is -1.04. The van der Waals surface area contributed by atoms with Crippen molar-refractivity contribution in [2.24, 2.45) is 0 Å². The van der Waals surface area contributed by atoms with Crippen LogP contribution >= 0.6 is 22.6 Å². The summed E-state index contributed by atoms with van der Waals surface area (Å²) in [4.78, 5) is 11.4. The smallest absolute Gasteiger partial charge is 0.192 e. The van der Waals surface area contributed by atoms with Crippen LogP contribution in [0.1, 0.15) is 6.42 Å². The molecule has 16 heavy (non-hydrogen) atoms. The second-order valence-electron chi connectivity index (χ2n) is 3.33. The lowest BCUT2D eigenvalue weighted by molar-refractivity contribution is 0.319. The molecule has 84 valence electrons. The van der Waals surface area contributed by atoms with Gasteiger partial charge in [-0.2, -0.15) is 0 Å². The molecule has 1 heterocycles. The zero-order valence-electron chi connectivity index (χ0n) is 8.61. The summed E-state index contributed by atoms with van der Waals surface area (Å²) >= 11 is 2.31. The molecule has 0 amide bonds. The predicted molar refractivity (Wildman–Crippen MR) is 71.5 cm³/mol. The number of hydrogen-bond acceptors (Lipinski definition) is 3. The lowest BCUT2D eigenvalue weighted by Crippen LogP contribution is -2.00. The highest BCUT2D eigenvalue weighted by Gasteiger charge is 2.01. The molecule has 1 aromatic carbocycles. The van der Waals surface area contributed by atoms with E-state index in [0.29, 0.717) is 17.6 Å². The van der Waals surface area contributed by atoms with E-state index in [-0.39, 0.29) is 5.43 Å². The highest BCUT2D eigenvalue weighted by molar-refractivity contribution is 14.1. The van der Waals surface area contributed by atoms with E-state index in [2.05, 4.69) is 22.6 Å². The van der Waals surface area contributed by atoms with Crippen molar-refractivity contribution in [3.8, 4) is 5.75 Å². The van der Waals surface area contributed by atoms with Gasteiger partial charge in [0.05, 0.1) is 18.3 Å². The maximum absolute atomic E-state index is 11.4. The molecule has 0 fully saturated rings. The van der Waals surface area contributed by atoms with Crippen molar-refractivity contribution in [3.05, 3.63) is 40.8 Å². The molecule has 0 aliphatic carbocycles. The maximum Gasteiger partial charge on any atom is 0.192 e. The Balaban J connectivity index is 2.27. The van der Waals surface area contributed by atoms with E-state index < -0.39 is 0 Å². The molecule has 0 saturated carbocycles. The molecule has 0 saturated heterocycles. The van der Waals surface area contributed by atoms with Gasteiger partial charge in [0.25, 0.3) is 0 Å². The van der Waals surface area contributed by atoms with Gasteiger partial charge in [0.15, 0.2) is 5.43 Å². The van der Waals surface area contributed by atoms with Crippen molar-refractivity contribution in [1.82, 2.24) is 0 Å². The summed E-state index contributed by atoms with van der Waals surface area (Å²) in [5.74, 6) is 0.742. The van der Waals surface area contributed by atoms with Crippen molar-refractivity contribution < 1.29 is 9.15 Å². The van der Waals surface area contributed by atoms with Crippen LogP contribution in [0.5, 0.6) is 5.75 Å². The molecule has 0 bridgehead atoms. The standard InChI is InChI=1S/C12H11IO3/c13-5-1-6-15-9-2-3-10-11(14)4-7-16-12(10)8-9/h2-4,7-8H,1,5-6H2. The lowest BCUT2D eigenvalue weighted by Gasteiger charge is -2.05. The number of halogens is 1. The van der Waals surface area contributed by atoms with Crippen LogP contribution in [0.15, 0.2) is 39.7 Å². The van der Waals surface area contributed by atoms with Crippen molar-refractivity contribution in [2.75, 3.05) is 11.0 Å². The van der Waals surface area contributed by atoms with Gasteiger partial charge in [-0.05, 0) is 18.6 Å². The first-order valence-electron chi connectivity index (χ1n) is 5.01. The Morgan fingerprint density at radius 2 is 2.19 bits per heavy atom. The molecule has 2 rings (SSSR count). The van der Waals surface area contributed by atoms with Crippen LogP contribution in [0.25, 0.3) is 11.0 Å². The van der Waals surface area contributed by atoms with Gasteiger partial charge in [0, 0.05) is 16.6 Å². The summed E-state index contributed by atoms with van der Waals surface area (Å²) in [6.45, 7) is 0.686. The minimum atomic E-state index is -0.0277. The zero-order chi connectivity index (χ0) is 11.4. The third-order valence-electron chi connectivity index (χ3n) is 2.18. The molecule has 0 aliphatic rings. The van der Waals surface area contributed by atoms with Crippen molar-refractivity contribution in [1.29, 1.82) is 0 Å². The largest absolute Gasteiger partial charge is 0.493 e. The predicted octanol–water partition coefficient (Wildman–Crippen LogP) is 3.00. The van der Waals surface area contributed by atoms with E-state index in [0.717, 1.165) is 16.6 Å². The van der Waals surface area contributed by atoms with Crippen molar-refractivity contribution in [3.63, 3.8) is 0 Å². The van der Waals surface area contributed by atoms with Crippen LogP contribution in [0.3, 0.4) is 0 Å². The second-order valence-corrected chi connectivity index (χ2v) is 4.41. The normalized spacial score (nSPS) is 10.6. The van der Waals surface area contributed by atoms with Gasteiger partial charge in [0.1, 0.15) is 11.3 Å². The van der Waals surface area contributed by atoms with Gasteiger partial charge in [-0.1, -0.05) is 22.6 Å². The molecule has 0 atom stereocenters. The molecule has 0 radical (unpaired) electrons. The molecule has 3 nitrogen and oxygen atoms in total. The quantitative estimate of drug-likeness (QED) is 0.492. The molecular formula is C12H11IO3. The lowest BCUT2D eigenvalue weighted by atomic mass is 10.2. The average Bonchev–Trinajstić information content (AvgIpc) is 2.30. The van der Waals surface area contributed by atoms with Gasteiger partial charge >= 0.3 is 0 Å². The van der Waals surface area contributed by atoms with Crippen LogP contribution in [0.4, 0.5) is 0 Å². The molecule has 0 aliphatic heterocycles. The number of ether oxygens (including phenoxy) is 1. The molecular weight excluding hydrogens is 319 g/mol. The van der Waals surface area contributed by atoms with Gasteiger partial charge < -0.3 is 9.15 Å². The van der Waals surface area contributed by atoms with E-state index in [1.165, 1.54) is 12.3 Å². The topological polar surface area (TPSA) is 39.4 Å². The van der Waals surface area contributed by atoms with Gasteiger partial charge in [-0.15, -0.1) is 0 Å². The van der Waals surface area contributed by atoms with Crippen LogP contribution in [0, 0.1) is 0 Å². The first-order chi connectivity index (χ1) is 7.81. The SMILES string of the molecule is O=c1ccoc2cc(OCCCI)ccc12. The van der Waals surface area contributed by atoms with Gasteiger partial charge in [-0.25, -0.2) is 0 Å². The number of rotatable bonds is 4. The van der Waals surface area contributed by atoms with Gasteiger partial charge in [-0.3, -0.25) is 4.79 Å². The molecule has 0 N–H and O–H groups in total. The monoisotopic (exact) mass is 330 g/mol. The molecule has 1 aromatic heterocycles. The summed E-state index contributed by atoms with van der Waals surface area (Å²) in [5, 5.41) is 0.587. The average molecular weight is 330 g/mol. The fraction of sp³-hybridized carbons (Fsp3) is 0.250. The highest BCUT2D eigenvalue weighted by atomic mass is 127. The van der Waals surface area contributed by atoms with Crippen molar-refractivity contribution >= 4 is 33.6 Å². The van der Waals surface area contributed by atoms with E-state index in [4.69, 9.17) is 9.15 Å². The van der Waals surface area contributed by atoms with E-state index >= 15 is 0 Å². The minimum absolute atomic E-state index is 0.0277. The number of fused-ring (bicyclic) bond motifs is 1. The summed E-state index contributed by atoms with van der Waals surface area (Å²) in [6, 6.07) is 6.70. The fourth-order valence-electron chi connectivity index (χ4n) is 1.40. The number of alkyl halides is 1. The number of benzene rings is 1. The van der Waals surface area contributed by atoms with Crippen LogP contribution in [-0.2, 0) is 0 Å². The number of hydrogen-bond donors (Lipinski definition) is 0. The first kappa shape index (κ1) is 11.4. The van der Waals surface area contributed by atoms with Crippen LogP contribution in [0.2, 0.25) is 0 Å². The third-order valence-corrected chi connectivity index (χ3v) is 2.94. The molecule has 2 aromatic rings. The van der Waals surface area contributed by atoms with Crippen LogP contribution in [-0.4, -0.2) is 11.0 Å². The maximum atomic E-state index is 11.4. The summed E-state index contributed by atoms with van der Waals surface area (Å²) in [6.07, 6.45) is 2.41. The second kappa shape index (κ2) is 5.34. The summed E-state index contributed by atoms with van der Waals surface area (Å²) < 4.78 is 11.9. The first-order valence-corrected chi connectivity index (χ1v) is 6.54. The Morgan fingerprint density at radius 1 is 1.31 bits per heavy atom. The zero-order valence-corrected chi connectivity index (χ0v) is 10.8. The fourth-order valence-corrected chi connectivity index (χ4v) is 1.71. The van der Waals surface area contributed by atoms with E-state index in [1.54, 1.807) is 18.2 Å². The molecule has 0 spiro atoms. The summed E-state index contributed by atoms with van der Waals surface area (Å²) in [7, 11) is 0. The van der Waals surface area contributed by atoms with E-state index in [1.807, 2.05) is 0 Å². The van der Waals surface area contributed by atoms with E-state index in [9.17, 15) is 4.79 Å². The Kier molecular flexibility index (Phi) is 3.82. The third kappa shape index (κ3) is 2.55. The summed E-state index contributed by atoms with van der Waals surface area (Å²) in [5.41, 5.74) is 0.541. The molecule has 4 heteroatoms. The Labute approximate surface area is 107 Å². The Morgan fingerprint density at radius 3 is 3.00 bits per heavy atom. The Bertz CT molecular complexity index is 533. The minimum Gasteiger partial charge on any atom is -0.493 e. The van der Waals surface area contributed by atoms with Crippen molar-refractivity contribution in [2.45, 2.75) is 6.42 Å². The van der Waals surface area contributed by atoms with Gasteiger partial charge in [0.2, 0.25) is 0 Å². The highest BCUT2D eigenvalue weighted by Crippen LogP contribution is 2.18. The van der Waals surface area contributed by atoms with Crippen LogP contribution < -0.4 is 10.2 Å².